The van der Waals surface area contributed by atoms with Crippen LogP contribution in [-0.2, 0) is 23.1 Å². The van der Waals surface area contributed by atoms with E-state index in [0.29, 0.717) is 50.2 Å². The average molecular weight is 482 g/mol. The number of aryl methyl sites for hydroxylation is 1. The van der Waals surface area contributed by atoms with Crippen molar-refractivity contribution in [2.45, 2.75) is 12.6 Å². The molecule has 0 bridgehead atoms. The van der Waals surface area contributed by atoms with E-state index in [1.807, 2.05) is 61.6 Å². The number of ether oxygens (including phenoxy) is 4. The Morgan fingerprint density at radius 1 is 1.09 bits per heavy atom. The van der Waals surface area contributed by atoms with Crippen molar-refractivity contribution in [2.24, 2.45) is 7.05 Å². The quantitative estimate of drug-likeness (QED) is 0.261. The second-order valence-corrected chi connectivity index (χ2v) is 8.08. The van der Waals surface area contributed by atoms with Gasteiger partial charge in [-0.3, -0.25) is 4.90 Å². The van der Waals surface area contributed by atoms with Gasteiger partial charge in [0.1, 0.15) is 5.69 Å². The summed E-state index contributed by atoms with van der Waals surface area (Å²) in [6.45, 7) is 6.29. The smallest absolute Gasteiger partial charge is 0.222 e. The summed E-state index contributed by atoms with van der Waals surface area (Å²) in [6.07, 6.45) is 1.00. The Bertz CT molecular complexity index is 1050. The third-order valence-corrected chi connectivity index (χ3v) is 5.42. The minimum absolute atomic E-state index is 0.221. The van der Waals surface area contributed by atoms with Gasteiger partial charge in [0, 0.05) is 39.4 Å². The maximum absolute atomic E-state index is 10.6. The molecule has 0 radical (unpaired) electrons. The minimum Gasteiger partial charge on any atom is -0.493 e. The lowest BCUT2D eigenvalue weighted by Crippen LogP contribution is -2.36. The molecular formula is C27H35N3O5. The van der Waals surface area contributed by atoms with Crippen LogP contribution >= 0.6 is 0 Å². The number of nitrogens with zero attached hydrogens (tertiary/aromatic N) is 3. The van der Waals surface area contributed by atoms with Gasteiger partial charge in [-0.15, -0.1) is 6.58 Å². The maximum Gasteiger partial charge on any atom is 0.222 e. The highest BCUT2D eigenvalue weighted by atomic mass is 16.5. The molecule has 1 heterocycles. The molecule has 188 valence electrons. The Labute approximate surface area is 207 Å². The normalized spacial score (nSPS) is 12.0. The summed E-state index contributed by atoms with van der Waals surface area (Å²) < 4.78 is 24.4. The number of benzene rings is 2. The van der Waals surface area contributed by atoms with Gasteiger partial charge in [-0.1, -0.05) is 48.5 Å². The number of aliphatic hydroxyl groups is 1. The molecule has 0 spiro atoms. The molecule has 0 aliphatic carbocycles. The van der Waals surface area contributed by atoms with E-state index in [4.69, 9.17) is 24.0 Å². The van der Waals surface area contributed by atoms with Crippen LogP contribution in [0.1, 0.15) is 5.56 Å². The standard InChI is InChI=1S/C27H35N3O5/c1-5-16-34-20-22(31)18-30(15-17-32-3)19-23-26(21-11-7-6-8-12-21)28-29(2)27(23)35-25-14-10-9-13-24(25)33-4/h5-14,22,31H,1,15-20H2,2-4H3/t22-/m0/s1. The molecule has 0 fully saturated rings. The largest absolute Gasteiger partial charge is 0.493 e. The Morgan fingerprint density at radius 2 is 1.80 bits per heavy atom. The van der Waals surface area contributed by atoms with Crippen LogP contribution in [0.15, 0.2) is 67.3 Å². The van der Waals surface area contributed by atoms with Crippen molar-refractivity contribution in [1.29, 1.82) is 0 Å². The number of aromatic nitrogens is 2. The Morgan fingerprint density at radius 3 is 2.49 bits per heavy atom. The molecule has 0 saturated heterocycles. The number of para-hydroxylation sites is 2. The maximum atomic E-state index is 10.6. The van der Waals surface area contributed by atoms with E-state index in [-0.39, 0.29) is 6.61 Å². The van der Waals surface area contributed by atoms with Crippen molar-refractivity contribution in [3.8, 4) is 28.6 Å². The predicted molar refractivity (Wildman–Crippen MR) is 136 cm³/mol. The highest BCUT2D eigenvalue weighted by molar-refractivity contribution is 5.66. The fraction of sp³-hybridized carbons (Fsp3) is 0.370. The minimum atomic E-state index is -0.665. The van der Waals surface area contributed by atoms with E-state index in [1.54, 1.807) is 25.0 Å². The topological polar surface area (TPSA) is 78.2 Å². The zero-order valence-electron chi connectivity index (χ0n) is 20.7. The van der Waals surface area contributed by atoms with E-state index >= 15 is 0 Å². The number of rotatable bonds is 15. The second kappa shape index (κ2) is 13.7. The lowest BCUT2D eigenvalue weighted by atomic mass is 10.1. The summed E-state index contributed by atoms with van der Waals surface area (Å²) >= 11 is 0. The summed E-state index contributed by atoms with van der Waals surface area (Å²) in [5, 5.41) is 15.4. The van der Waals surface area contributed by atoms with Crippen LogP contribution in [0, 0.1) is 0 Å². The van der Waals surface area contributed by atoms with Crippen molar-refractivity contribution >= 4 is 0 Å². The van der Waals surface area contributed by atoms with E-state index < -0.39 is 6.10 Å². The fourth-order valence-corrected chi connectivity index (χ4v) is 3.77. The molecule has 3 aromatic rings. The highest BCUT2D eigenvalue weighted by Gasteiger charge is 2.24. The van der Waals surface area contributed by atoms with Gasteiger partial charge < -0.3 is 24.1 Å². The average Bonchev–Trinajstić information content (AvgIpc) is 3.18. The van der Waals surface area contributed by atoms with Gasteiger partial charge in [0.25, 0.3) is 0 Å². The van der Waals surface area contributed by atoms with Crippen LogP contribution in [0.4, 0.5) is 0 Å². The van der Waals surface area contributed by atoms with E-state index in [9.17, 15) is 5.11 Å². The molecule has 1 aromatic heterocycles. The number of hydrogen-bond acceptors (Lipinski definition) is 7. The molecule has 8 nitrogen and oxygen atoms in total. The van der Waals surface area contributed by atoms with Gasteiger partial charge in [-0.25, -0.2) is 4.68 Å². The summed E-state index contributed by atoms with van der Waals surface area (Å²) in [4.78, 5) is 2.12. The van der Waals surface area contributed by atoms with Crippen LogP contribution in [-0.4, -0.2) is 73.0 Å². The first-order valence-electron chi connectivity index (χ1n) is 11.6. The SMILES string of the molecule is C=CCOC[C@@H](O)CN(CCOC)Cc1c(-c2ccccc2)nn(C)c1Oc1ccccc1OC. The molecule has 0 amide bonds. The van der Waals surface area contributed by atoms with Crippen molar-refractivity contribution in [1.82, 2.24) is 14.7 Å². The monoisotopic (exact) mass is 481 g/mol. The molecule has 0 aliphatic heterocycles. The van der Waals surface area contributed by atoms with Gasteiger partial charge in [-0.05, 0) is 12.1 Å². The van der Waals surface area contributed by atoms with E-state index in [0.717, 1.165) is 16.8 Å². The van der Waals surface area contributed by atoms with Gasteiger partial charge in [0.15, 0.2) is 11.5 Å². The van der Waals surface area contributed by atoms with Crippen molar-refractivity contribution in [3.05, 3.63) is 72.8 Å². The molecule has 3 rings (SSSR count). The lowest BCUT2D eigenvalue weighted by Gasteiger charge is -2.25. The van der Waals surface area contributed by atoms with Crippen molar-refractivity contribution in [3.63, 3.8) is 0 Å². The second-order valence-electron chi connectivity index (χ2n) is 8.08. The van der Waals surface area contributed by atoms with Crippen molar-refractivity contribution < 1.29 is 24.1 Å². The first kappa shape index (κ1) is 26.4. The first-order chi connectivity index (χ1) is 17.1. The zero-order chi connectivity index (χ0) is 25.0. The Hall–Kier alpha value is -3.17. The van der Waals surface area contributed by atoms with Gasteiger partial charge in [0.05, 0.1) is 38.6 Å². The summed E-state index contributed by atoms with van der Waals surface area (Å²) in [5.74, 6) is 1.83. The molecule has 8 heteroatoms. The van der Waals surface area contributed by atoms with E-state index in [1.165, 1.54) is 0 Å². The van der Waals surface area contributed by atoms with Crippen LogP contribution in [0.2, 0.25) is 0 Å². The van der Waals surface area contributed by atoms with Crippen LogP contribution in [0.5, 0.6) is 17.4 Å². The number of methoxy groups -OCH3 is 2. The molecule has 1 atom stereocenters. The van der Waals surface area contributed by atoms with Crippen LogP contribution in [0.25, 0.3) is 11.3 Å². The molecule has 0 unspecified atom stereocenters. The zero-order valence-corrected chi connectivity index (χ0v) is 20.7. The molecular weight excluding hydrogens is 446 g/mol. The Balaban J connectivity index is 1.96. The lowest BCUT2D eigenvalue weighted by molar-refractivity contribution is 0.0193. The highest BCUT2D eigenvalue weighted by Crippen LogP contribution is 2.37. The first-order valence-corrected chi connectivity index (χ1v) is 11.6. The van der Waals surface area contributed by atoms with Gasteiger partial charge >= 0.3 is 0 Å². The Kier molecular flexibility index (Phi) is 10.3. The van der Waals surface area contributed by atoms with Crippen molar-refractivity contribution in [2.75, 3.05) is 47.1 Å². The summed E-state index contributed by atoms with van der Waals surface area (Å²) in [5.41, 5.74) is 2.70. The van der Waals surface area contributed by atoms with E-state index in [2.05, 4.69) is 11.5 Å². The van der Waals surface area contributed by atoms with Crippen LogP contribution < -0.4 is 9.47 Å². The predicted octanol–water partition coefficient (Wildman–Crippen LogP) is 3.90. The third kappa shape index (κ3) is 7.40. The summed E-state index contributed by atoms with van der Waals surface area (Å²) in [7, 11) is 5.14. The third-order valence-electron chi connectivity index (χ3n) is 5.42. The van der Waals surface area contributed by atoms with Crippen LogP contribution in [0.3, 0.4) is 0 Å². The fourth-order valence-electron chi connectivity index (χ4n) is 3.77. The molecule has 35 heavy (non-hydrogen) atoms. The summed E-state index contributed by atoms with van der Waals surface area (Å²) in [6, 6.07) is 17.5. The molecule has 2 aromatic carbocycles. The molecule has 1 N–H and O–H groups in total. The number of hydrogen-bond donors (Lipinski definition) is 1. The van der Waals surface area contributed by atoms with Gasteiger partial charge in [-0.2, -0.15) is 5.10 Å². The molecule has 0 saturated carbocycles. The molecule has 0 aliphatic rings. The number of aliphatic hydroxyl groups excluding tert-OH is 1. The van der Waals surface area contributed by atoms with Gasteiger partial charge in [0.2, 0.25) is 5.88 Å².